The van der Waals surface area contributed by atoms with Crippen LogP contribution in [0.1, 0.15) is 19.3 Å². The van der Waals surface area contributed by atoms with E-state index >= 15 is 0 Å². The van der Waals surface area contributed by atoms with E-state index in [0.29, 0.717) is 12.5 Å². The van der Waals surface area contributed by atoms with Crippen LogP contribution in [0.5, 0.6) is 5.75 Å². The number of piperidine rings is 1. The molecule has 3 N–H and O–H groups in total. The Morgan fingerprint density at radius 2 is 2.07 bits per heavy atom. The van der Waals surface area contributed by atoms with Crippen molar-refractivity contribution in [3.8, 4) is 5.75 Å². The maximum absolute atomic E-state index is 11.4. The fraction of sp³-hybridized carbons (Fsp3) is 0.450. The smallest absolute Gasteiger partial charge is 0.407 e. The van der Waals surface area contributed by atoms with E-state index in [2.05, 4.69) is 26.0 Å². The third-order valence-corrected chi connectivity index (χ3v) is 5.03. The largest absolute Gasteiger partial charge is 0.497 e. The number of carbonyl (C=O) groups excluding carboxylic acids is 2. The van der Waals surface area contributed by atoms with Crippen molar-refractivity contribution < 1.29 is 19.1 Å². The minimum Gasteiger partial charge on any atom is -0.497 e. The highest BCUT2D eigenvalue weighted by Gasteiger charge is 2.21. The molecule has 1 aliphatic rings. The number of hydrogen-bond donors (Lipinski definition) is 2. The van der Waals surface area contributed by atoms with Gasteiger partial charge in [-0.05, 0) is 54.8 Å². The molecule has 1 aromatic heterocycles. The minimum absolute atomic E-state index is 0.395. The second kappa shape index (κ2) is 9.25. The molecule has 28 heavy (non-hydrogen) atoms. The predicted octanol–water partition coefficient (Wildman–Crippen LogP) is 2.06. The number of nitrogens with two attached hydrogens (primary N) is 1. The van der Waals surface area contributed by atoms with E-state index in [0.717, 1.165) is 54.7 Å². The van der Waals surface area contributed by atoms with Gasteiger partial charge in [0.15, 0.2) is 6.61 Å². The predicted molar refractivity (Wildman–Crippen MR) is 106 cm³/mol. The van der Waals surface area contributed by atoms with Gasteiger partial charge in [-0.1, -0.05) is 0 Å². The van der Waals surface area contributed by atoms with Crippen molar-refractivity contribution in [2.75, 3.05) is 38.3 Å². The highest BCUT2D eigenvalue weighted by molar-refractivity contribution is 5.93. The number of methoxy groups -OCH3 is 1. The lowest BCUT2D eigenvalue weighted by atomic mass is 9.93. The lowest BCUT2D eigenvalue weighted by Crippen LogP contribution is -2.36. The van der Waals surface area contributed by atoms with Crippen molar-refractivity contribution in [2.45, 2.75) is 19.3 Å². The number of pyridine rings is 1. The molecule has 1 aromatic carbocycles. The number of fused-ring (bicyclic) bond motifs is 1. The SMILES string of the molecule is COc1ccc2c(N3CCC(CCNC(=O)OCC(N)=O)CC3)nccc2c1. The molecular formula is C20H26N4O4. The summed E-state index contributed by atoms with van der Waals surface area (Å²) in [6.07, 6.45) is 4.18. The number of aromatic nitrogens is 1. The van der Waals surface area contributed by atoms with Crippen LogP contribution >= 0.6 is 0 Å². The van der Waals surface area contributed by atoms with Crippen LogP contribution in [0.25, 0.3) is 10.8 Å². The first-order valence-corrected chi connectivity index (χ1v) is 9.43. The van der Waals surface area contributed by atoms with Gasteiger partial charge in [0.2, 0.25) is 0 Å². The van der Waals surface area contributed by atoms with E-state index in [1.165, 1.54) is 0 Å². The van der Waals surface area contributed by atoms with Crippen LogP contribution in [0.15, 0.2) is 30.5 Å². The summed E-state index contributed by atoms with van der Waals surface area (Å²) in [7, 11) is 1.67. The van der Waals surface area contributed by atoms with Crippen molar-refractivity contribution >= 4 is 28.6 Å². The number of nitrogens with zero attached hydrogens (tertiary/aromatic N) is 2. The molecule has 8 heteroatoms. The number of nitrogens with one attached hydrogen (secondary N) is 1. The summed E-state index contributed by atoms with van der Waals surface area (Å²) in [6.45, 7) is 1.98. The Bertz CT molecular complexity index is 834. The van der Waals surface area contributed by atoms with E-state index in [4.69, 9.17) is 10.5 Å². The Labute approximate surface area is 164 Å². The summed E-state index contributed by atoms with van der Waals surface area (Å²) in [5.74, 6) is 1.71. The molecule has 0 saturated carbocycles. The molecule has 2 heterocycles. The van der Waals surface area contributed by atoms with Gasteiger partial charge >= 0.3 is 6.09 Å². The molecule has 8 nitrogen and oxygen atoms in total. The highest BCUT2D eigenvalue weighted by Crippen LogP contribution is 2.31. The standard InChI is InChI=1S/C20H26N4O4/c1-27-16-2-3-17-15(12-16)5-9-22-19(17)24-10-6-14(7-11-24)4-8-23-20(26)28-13-18(21)25/h2-3,5,9,12,14H,4,6-8,10-11,13H2,1H3,(H2,21,25)(H,23,26). The van der Waals surface area contributed by atoms with Crippen molar-refractivity contribution in [2.24, 2.45) is 11.7 Å². The highest BCUT2D eigenvalue weighted by atomic mass is 16.6. The first kappa shape index (κ1) is 19.7. The maximum atomic E-state index is 11.4. The van der Waals surface area contributed by atoms with E-state index in [1.54, 1.807) is 7.11 Å². The lowest BCUT2D eigenvalue weighted by molar-refractivity contribution is -0.120. The van der Waals surface area contributed by atoms with Gasteiger partial charge in [-0.3, -0.25) is 4.79 Å². The van der Waals surface area contributed by atoms with Crippen molar-refractivity contribution in [3.63, 3.8) is 0 Å². The van der Waals surface area contributed by atoms with Gasteiger partial charge in [-0.15, -0.1) is 0 Å². The first-order valence-electron chi connectivity index (χ1n) is 9.43. The molecule has 2 amide bonds. The second-order valence-corrected chi connectivity index (χ2v) is 6.91. The van der Waals surface area contributed by atoms with Crippen LogP contribution in [0.3, 0.4) is 0 Å². The number of anilines is 1. The van der Waals surface area contributed by atoms with Gasteiger partial charge in [0.05, 0.1) is 7.11 Å². The number of primary amides is 1. The number of alkyl carbamates (subject to hydrolysis) is 1. The molecule has 1 aliphatic heterocycles. The molecule has 0 bridgehead atoms. The Morgan fingerprint density at radius 3 is 2.79 bits per heavy atom. The third-order valence-electron chi connectivity index (χ3n) is 5.03. The van der Waals surface area contributed by atoms with Gasteiger partial charge < -0.3 is 25.4 Å². The lowest BCUT2D eigenvalue weighted by Gasteiger charge is -2.33. The third kappa shape index (κ3) is 5.03. The summed E-state index contributed by atoms with van der Waals surface area (Å²) in [5.41, 5.74) is 4.94. The molecule has 0 unspecified atom stereocenters. The van der Waals surface area contributed by atoms with E-state index in [1.807, 2.05) is 24.4 Å². The second-order valence-electron chi connectivity index (χ2n) is 6.91. The Balaban J connectivity index is 1.50. The molecule has 0 radical (unpaired) electrons. The Morgan fingerprint density at radius 1 is 1.29 bits per heavy atom. The van der Waals surface area contributed by atoms with E-state index < -0.39 is 18.6 Å². The van der Waals surface area contributed by atoms with E-state index in [-0.39, 0.29) is 0 Å². The number of hydrogen-bond acceptors (Lipinski definition) is 6. The van der Waals surface area contributed by atoms with Crippen LogP contribution in [0.2, 0.25) is 0 Å². The van der Waals surface area contributed by atoms with Gasteiger partial charge in [0, 0.05) is 31.2 Å². The molecule has 0 aliphatic carbocycles. The van der Waals surface area contributed by atoms with Gasteiger partial charge in [-0.25, -0.2) is 9.78 Å². The fourth-order valence-electron chi connectivity index (χ4n) is 3.52. The van der Waals surface area contributed by atoms with E-state index in [9.17, 15) is 9.59 Å². The van der Waals surface area contributed by atoms with Gasteiger partial charge in [-0.2, -0.15) is 0 Å². The maximum Gasteiger partial charge on any atom is 0.407 e. The molecule has 0 atom stereocenters. The summed E-state index contributed by atoms with van der Waals surface area (Å²) in [5, 5.41) is 4.90. The molecule has 0 spiro atoms. The quantitative estimate of drug-likeness (QED) is 0.754. The number of ether oxygens (including phenoxy) is 2. The molecular weight excluding hydrogens is 360 g/mol. The number of amides is 2. The summed E-state index contributed by atoms with van der Waals surface area (Å²) < 4.78 is 9.98. The Kier molecular flexibility index (Phi) is 6.52. The number of carbonyl (C=O) groups is 2. The zero-order chi connectivity index (χ0) is 19.9. The molecule has 3 rings (SSSR count). The number of benzene rings is 1. The van der Waals surface area contributed by atoms with Crippen LogP contribution in [-0.4, -0.2) is 50.3 Å². The Hall–Kier alpha value is -3.03. The number of rotatable bonds is 7. The molecule has 1 fully saturated rings. The summed E-state index contributed by atoms with van der Waals surface area (Å²) in [6, 6.07) is 8.04. The monoisotopic (exact) mass is 386 g/mol. The van der Waals surface area contributed by atoms with Crippen molar-refractivity contribution in [1.29, 1.82) is 0 Å². The topological polar surface area (TPSA) is 107 Å². The first-order chi connectivity index (χ1) is 13.6. The van der Waals surface area contributed by atoms with Crippen LogP contribution < -0.4 is 20.7 Å². The summed E-state index contributed by atoms with van der Waals surface area (Å²) >= 11 is 0. The molecule has 150 valence electrons. The zero-order valence-corrected chi connectivity index (χ0v) is 16.0. The van der Waals surface area contributed by atoms with Gasteiger partial charge in [0.1, 0.15) is 11.6 Å². The van der Waals surface area contributed by atoms with Gasteiger partial charge in [0.25, 0.3) is 5.91 Å². The molecule has 2 aromatic rings. The average molecular weight is 386 g/mol. The normalized spacial score (nSPS) is 14.7. The minimum atomic E-state index is -0.664. The fourth-order valence-corrected chi connectivity index (χ4v) is 3.52. The van der Waals surface area contributed by atoms with Crippen LogP contribution in [0, 0.1) is 5.92 Å². The molecule has 1 saturated heterocycles. The van der Waals surface area contributed by atoms with Crippen molar-refractivity contribution in [1.82, 2.24) is 10.3 Å². The van der Waals surface area contributed by atoms with Crippen LogP contribution in [0.4, 0.5) is 10.6 Å². The summed E-state index contributed by atoms with van der Waals surface area (Å²) in [4.78, 5) is 28.9. The van der Waals surface area contributed by atoms with Crippen LogP contribution in [-0.2, 0) is 9.53 Å². The van der Waals surface area contributed by atoms with Crippen molar-refractivity contribution in [3.05, 3.63) is 30.5 Å². The zero-order valence-electron chi connectivity index (χ0n) is 16.0. The average Bonchev–Trinajstić information content (AvgIpc) is 2.72.